The molecule has 4 amide bonds. The lowest BCUT2D eigenvalue weighted by atomic mass is 10.2. The first-order valence-electron chi connectivity index (χ1n) is 6.13. The Balaban J connectivity index is 2.51. The van der Waals surface area contributed by atoms with Crippen LogP contribution in [0, 0.1) is 0 Å². The van der Waals surface area contributed by atoms with Crippen LogP contribution < -0.4 is 16.4 Å². The molecule has 9 heteroatoms. The van der Waals surface area contributed by atoms with Crippen molar-refractivity contribution in [2.75, 3.05) is 13.1 Å². The van der Waals surface area contributed by atoms with Crippen molar-refractivity contribution in [2.24, 2.45) is 5.73 Å². The van der Waals surface area contributed by atoms with Crippen molar-refractivity contribution in [3.8, 4) is 0 Å². The third-order valence-corrected chi connectivity index (χ3v) is 2.88. The van der Waals surface area contributed by atoms with E-state index in [2.05, 4.69) is 10.6 Å². The smallest absolute Gasteiger partial charge is 0.326 e. The summed E-state index contributed by atoms with van der Waals surface area (Å²) >= 11 is 0. The van der Waals surface area contributed by atoms with E-state index in [4.69, 9.17) is 10.8 Å². The molecular formula is C11H18N4O5. The number of carboxylic acids is 1. The molecule has 2 unspecified atom stereocenters. The molecule has 0 spiro atoms. The Morgan fingerprint density at radius 1 is 1.40 bits per heavy atom. The minimum Gasteiger partial charge on any atom is -0.480 e. The summed E-state index contributed by atoms with van der Waals surface area (Å²) in [6.45, 7) is 2.09. The molecule has 1 fully saturated rings. The van der Waals surface area contributed by atoms with E-state index in [1.54, 1.807) is 0 Å². The number of aliphatic carboxylic acids is 1. The Hall–Kier alpha value is -2.32. The van der Waals surface area contributed by atoms with Crippen molar-refractivity contribution in [1.29, 1.82) is 0 Å². The van der Waals surface area contributed by atoms with Crippen molar-refractivity contribution in [1.82, 2.24) is 15.5 Å². The number of rotatable bonds is 5. The zero-order valence-electron chi connectivity index (χ0n) is 11.1. The number of nitrogens with one attached hydrogen (secondary N) is 2. The van der Waals surface area contributed by atoms with E-state index in [-0.39, 0.29) is 11.9 Å². The zero-order chi connectivity index (χ0) is 15.3. The maximum Gasteiger partial charge on any atom is 0.326 e. The van der Waals surface area contributed by atoms with E-state index in [0.29, 0.717) is 19.5 Å². The fourth-order valence-corrected chi connectivity index (χ4v) is 1.99. The number of primary amides is 1. The summed E-state index contributed by atoms with van der Waals surface area (Å²) in [5, 5.41) is 13.8. The number of nitrogens with zero attached hydrogens (tertiary/aromatic N) is 1. The molecule has 0 aromatic carbocycles. The number of urea groups is 1. The summed E-state index contributed by atoms with van der Waals surface area (Å²) in [4.78, 5) is 45.8. The summed E-state index contributed by atoms with van der Waals surface area (Å²) in [5.74, 6) is -2.32. The SMILES string of the molecule is CC(=O)NC1CCN(C(=O)NC(CC(N)=O)C(=O)O)C1. The van der Waals surface area contributed by atoms with Crippen LogP contribution in [0.2, 0.25) is 0 Å². The molecule has 112 valence electrons. The molecule has 0 aliphatic carbocycles. The first-order chi connectivity index (χ1) is 9.29. The van der Waals surface area contributed by atoms with Gasteiger partial charge in [0.25, 0.3) is 0 Å². The number of hydrogen-bond acceptors (Lipinski definition) is 4. The molecule has 1 rings (SSSR count). The van der Waals surface area contributed by atoms with Gasteiger partial charge in [0.2, 0.25) is 11.8 Å². The van der Waals surface area contributed by atoms with E-state index >= 15 is 0 Å². The van der Waals surface area contributed by atoms with Crippen LogP contribution in [0.3, 0.4) is 0 Å². The number of carboxylic acid groups (broad SMARTS) is 1. The van der Waals surface area contributed by atoms with Crippen molar-refractivity contribution in [3.05, 3.63) is 0 Å². The van der Waals surface area contributed by atoms with E-state index in [1.165, 1.54) is 11.8 Å². The molecule has 1 aliphatic heterocycles. The minimum atomic E-state index is -1.35. The zero-order valence-corrected chi connectivity index (χ0v) is 11.1. The van der Waals surface area contributed by atoms with Gasteiger partial charge in [-0.1, -0.05) is 0 Å². The lowest BCUT2D eigenvalue weighted by Crippen LogP contribution is -2.49. The predicted octanol–water partition coefficient (Wildman–Crippen LogP) is -1.76. The molecule has 5 N–H and O–H groups in total. The van der Waals surface area contributed by atoms with Crippen LogP contribution in [0.4, 0.5) is 4.79 Å². The fraction of sp³-hybridized carbons (Fsp3) is 0.636. The highest BCUT2D eigenvalue weighted by atomic mass is 16.4. The summed E-state index contributed by atoms with van der Waals surface area (Å²) in [6.07, 6.45) is 0.130. The van der Waals surface area contributed by atoms with E-state index in [1.807, 2.05) is 0 Å². The second-order valence-electron chi connectivity index (χ2n) is 4.64. The van der Waals surface area contributed by atoms with Crippen LogP contribution >= 0.6 is 0 Å². The highest BCUT2D eigenvalue weighted by molar-refractivity contribution is 5.87. The fourth-order valence-electron chi connectivity index (χ4n) is 1.99. The summed E-state index contributed by atoms with van der Waals surface area (Å²) in [7, 11) is 0. The van der Waals surface area contributed by atoms with Crippen LogP contribution in [0.1, 0.15) is 19.8 Å². The Morgan fingerprint density at radius 3 is 2.55 bits per heavy atom. The topological polar surface area (TPSA) is 142 Å². The van der Waals surface area contributed by atoms with Crippen molar-refractivity contribution >= 4 is 23.8 Å². The second kappa shape index (κ2) is 6.73. The summed E-state index contributed by atoms with van der Waals surface area (Å²) in [6, 6.07) is -2.08. The summed E-state index contributed by atoms with van der Waals surface area (Å²) < 4.78 is 0. The van der Waals surface area contributed by atoms with Gasteiger partial charge in [0, 0.05) is 26.1 Å². The molecule has 20 heavy (non-hydrogen) atoms. The maximum absolute atomic E-state index is 11.9. The lowest BCUT2D eigenvalue weighted by molar-refractivity contribution is -0.141. The van der Waals surface area contributed by atoms with Gasteiger partial charge >= 0.3 is 12.0 Å². The second-order valence-corrected chi connectivity index (χ2v) is 4.64. The average Bonchev–Trinajstić information content (AvgIpc) is 2.74. The number of amides is 4. The van der Waals surface area contributed by atoms with Gasteiger partial charge < -0.3 is 26.4 Å². The lowest BCUT2D eigenvalue weighted by Gasteiger charge is -2.20. The number of hydrogen-bond donors (Lipinski definition) is 4. The van der Waals surface area contributed by atoms with E-state index < -0.39 is 30.4 Å². The maximum atomic E-state index is 11.9. The van der Waals surface area contributed by atoms with Gasteiger partial charge in [-0.3, -0.25) is 9.59 Å². The van der Waals surface area contributed by atoms with Gasteiger partial charge in [0.1, 0.15) is 6.04 Å². The quantitative estimate of drug-likeness (QED) is 0.473. The molecule has 0 aromatic rings. The van der Waals surface area contributed by atoms with Crippen LogP contribution in [0.5, 0.6) is 0 Å². The number of nitrogens with two attached hydrogens (primary N) is 1. The highest BCUT2D eigenvalue weighted by Gasteiger charge is 2.30. The third kappa shape index (κ3) is 4.75. The van der Waals surface area contributed by atoms with Gasteiger partial charge in [0.05, 0.1) is 6.42 Å². The Bertz CT molecular complexity index is 425. The average molecular weight is 286 g/mol. The van der Waals surface area contributed by atoms with Gasteiger partial charge in [0.15, 0.2) is 0 Å². The molecule has 0 aromatic heterocycles. The third-order valence-electron chi connectivity index (χ3n) is 2.88. The van der Waals surface area contributed by atoms with Crippen molar-refractivity contribution in [3.63, 3.8) is 0 Å². The van der Waals surface area contributed by atoms with Crippen molar-refractivity contribution < 1.29 is 24.3 Å². The van der Waals surface area contributed by atoms with Gasteiger partial charge in [-0.25, -0.2) is 9.59 Å². The van der Waals surface area contributed by atoms with Gasteiger partial charge in [-0.05, 0) is 6.42 Å². The summed E-state index contributed by atoms with van der Waals surface area (Å²) in [5.41, 5.74) is 4.92. The largest absolute Gasteiger partial charge is 0.480 e. The number of carbonyl (C=O) groups is 4. The van der Waals surface area contributed by atoms with E-state index in [0.717, 1.165) is 0 Å². The van der Waals surface area contributed by atoms with Crippen LogP contribution in [-0.4, -0.2) is 59.0 Å². The molecular weight excluding hydrogens is 268 g/mol. The first-order valence-corrected chi connectivity index (χ1v) is 6.13. The van der Waals surface area contributed by atoms with E-state index in [9.17, 15) is 19.2 Å². The van der Waals surface area contributed by atoms with Crippen LogP contribution in [-0.2, 0) is 14.4 Å². The molecule has 1 heterocycles. The van der Waals surface area contributed by atoms with Crippen molar-refractivity contribution in [2.45, 2.75) is 31.8 Å². The van der Waals surface area contributed by atoms with Crippen LogP contribution in [0.15, 0.2) is 0 Å². The molecule has 1 aliphatic rings. The molecule has 0 bridgehead atoms. The Kier molecular flexibility index (Phi) is 5.30. The van der Waals surface area contributed by atoms with Crippen LogP contribution in [0.25, 0.3) is 0 Å². The number of likely N-dealkylation sites (tertiary alicyclic amines) is 1. The normalized spacial score (nSPS) is 19.2. The predicted molar refractivity (Wildman–Crippen MR) is 67.6 cm³/mol. The number of carbonyl (C=O) groups excluding carboxylic acids is 3. The molecule has 0 radical (unpaired) electrons. The van der Waals surface area contributed by atoms with Gasteiger partial charge in [-0.15, -0.1) is 0 Å². The Labute approximate surface area is 115 Å². The standard InChI is InChI=1S/C11H18N4O5/c1-6(16)13-7-2-3-15(5-7)11(20)14-8(10(18)19)4-9(12)17/h7-8H,2-5H2,1H3,(H2,12,17)(H,13,16)(H,14,20)(H,18,19). The molecule has 2 atom stereocenters. The monoisotopic (exact) mass is 286 g/mol. The highest BCUT2D eigenvalue weighted by Crippen LogP contribution is 2.09. The molecule has 0 saturated carbocycles. The van der Waals surface area contributed by atoms with Gasteiger partial charge in [-0.2, -0.15) is 0 Å². The Morgan fingerprint density at radius 2 is 2.05 bits per heavy atom. The molecule has 9 nitrogen and oxygen atoms in total. The molecule has 1 saturated heterocycles. The first kappa shape index (κ1) is 15.7. The minimum absolute atomic E-state index is 0.141.